The summed E-state index contributed by atoms with van der Waals surface area (Å²) < 4.78 is 9.76. The van der Waals surface area contributed by atoms with Gasteiger partial charge in [0.05, 0.1) is 19.8 Å². The Morgan fingerprint density at radius 1 is 0.806 bits per heavy atom. The Labute approximate surface area is 190 Å². The summed E-state index contributed by atoms with van der Waals surface area (Å²) in [7, 11) is 0. The van der Waals surface area contributed by atoms with Crippen LogP contribution < -0.4 is 0 Å². The number of carboxylic acids is 1. The molecule has 31 heavy (non-hydrogen) atoms. The summed E-state index contributed by atoms with van der Waals surface area (Å²) in [5, 5.41) is 23.6. The first-order chi connectivity index (χ1) is 14.6. The summed E-state index contributed by atoms with van der Waals surface area (Å²) in [4.78, 5) is 21.2. The first-order valence-corrected chi connectivity index (χ1v) is 11.4. The van der Waals surface area contributed by atoms with Crippen molar-refractivity contribution in [2.45, 2.75) is 93.9 Å². The van der Waals surface area contributed by atoms with Crippen molar-refractivity contribution in [3.63, 3.8) is 0 Å². The number of hydrogen-bond acceptors (Lipinski definition) is 6. The number of aliphatic hydroxyl groups excluding tert-OH is 2. The molecule has 0 atom stereocenters. The molecule has 0 amide bonds. The van der Waals surface area contributed by atoms with Gasteiger partial charge in [0.2, 0.25) is 0 Å². The summed E-state index contributed by atoms with van der Waals surface area (Å²) in [6, 6.07) is 0. The minimum atomic E-state index is -0.819. The molecule has 0 heterocycles. The van der Waals surface area contributed by atoms with Crippen LogP contribution in [0.5, 0.6) is 0 Å². The SMILES string of the molecule is CC(C)COC(=O)CCCCC(=O)O.CC/C(C)=C(\C)CC.CCOCC.OCCO. The van der Waals surface area contributed by atoms with Crippen LogP contribution in [0.1, 0.15) is 93.9 Å². The number of rotatable bonds is 12. The van der Waals surface area contributed by atoms with E-state index in [0.29, 0.717) is 31.8 Å². The number of hydrogen-bond donors (Lipinski definition) is 3. The van der Waals surface area contributed by atoms with Gasteiger partial charge in [-0.3, -0.25) is 9.59 Å². The van der Waals surface area contributed by atoms with Crippen molar-refractivity contribution < 1.29 is 34.4 Å². The predicted octanol–water partition coefficient (Wildman–Crippen LogP) is 4.99. The highest BCUT2D eigenvalue weighted by Gasteiger charge is 2.04. The van der Waals surface area contributed by atoms with Gasteiger partial charge in [-0.25, -0.2) is 0 Å². The molecule has 0 radical (unpaired) electrons. The van der Waals surface area contributed by atoms with E-state index >= 15 is 0 Å². The van der Waals surface area contributed by atoms with E-state index in [1.54, 1.807) is 11.1 Å². The molecular formula is C24H50O7. The molecule has 0 aliphatic heterocycles. The quantitative estimate of drug-likeness (QED) is 0.218. The van der Waals surface area contributed by atoms with Crippen molar-refractivity contribution in [2.24, 2.45) is 5.92 Å². The molecule has 188 valence electrons. The van der Waals surface area contributed by atoms with Crippen LogP contribution in [-0.2, 0) is 19.1 Å². The van der Waals surface area contributed by atoms with E-state index < -0.39 is 5.97 Å². The smallest absolute Gasteiger partial charge is 0.305 e. The van der Waals surface area contributed by atoms with Crippen molar-refractivity contribution >= 4 is 11.9 Å². The molecule has 0 aliphatic rings. The summed E-state index contributed by atoms with van der Waals surface area (Å²) in [6.45, 7) is 18.6. The van der Waals surface area contributed by atoms with E-state index in [1.165, 1.54) is 12.8 Å². The summed E-state index contributed by atoms with van der Waals surface area (Å²) in [6.07, 6.45) is 3.98. The van der Waals surface area contributed by atoms with Gasteiger partial charge >= 0.3 is 11.9 Å². The first kappa shape index (κ1) is 36.9. The van der Waals surface area contributed by atoms with Gasteiger partial charge in [0.25, 0.3) is 0 Å². The molecule has 0 saturated carbocycles. The van der Waals surface area contributed by atoms with Gasteiger partial charge in [-0.2, -0.15) is 0 Å². The molecule has 0 unspecified atom stereocenters. The van der Waals surface area contributed by atoms with Crippen LogP contribution in [-0.4, -0.2) is 60.3 Å². The number of carbonyl (C=O) groups is 2. The van der Waals surface area contributed by atoms with Crippen molar-refractivity contribution in [2.75, 3.05) is 33.0 Å². The van der Waals surface area contributed by atoms with Gasteiger partial charge < -0.3 is 24.8 Å². The average Bonchev–Trinajstić information content (AvgIpc) is 2.75. The third kappa shape index (κ3) is 43.3. The molecular weight excluding hydrogens is 400 g/mol. The maximum atomic E-state index is 11.0. The molecule has 0 aromatic rings. The third-order valence-corrected chi connectivity index (χ3v) is 3.90. The van der Waals surface area contributed by atoms with Crippen LogP contribution in [0.25, 0.3) is 0 Å². The highest BCUT2D eigenvalue weighted by Crippen LogP contribution is 2.09. The zero-order valence-corrected chi connectivity index (χ0v) is 21.3. The second-order valence-corrected chi connectivity index (χ2v) is 7.17. The molecule has 0 saturated heterocycles. The lowest BCUT2D eigenvalue weighted by molar-refractivity contribution is -0.145. The van der Waals surface area contributed by atoms with Crippen molar-refractivity contribution in [3.8, 4) is 0 Å². The number of carboxylic acid groups (broad SMARTS) is 1. The number of carbonyl (C=O) groups excluding carboxylic acids is 1. The second kappa shape index (κ2) is 30.8. The lowest BCUT2D eigenvalue weighted by Crippen LogP contribution is -2.09. The molecule has 0 fully saturated rings. The number of ether oxygens (including phenoxy) is 2. The molecule has 0 aliphatic carbocycles. The van der Waals surface area contributed by atoms with Gasteiger partial charge in [-0.15, -0.1) is 0 Å². The lowest BCUT2D eigenvalue weighted by atomic mass is 10.1. The molecule has 0 aromatic carbocycles. The van der Waals surface area contributed by atoms with Gasteiger partial charge in [0.1, 0.15) is 0 Å². The van der Waals surface area contributed by atoms with E-state index in [9.17, 15) is 9.59 Å². The van der Waals surface area contributed by atoms with E-state index in [1.807, 2.05) is 27.7 Å². The van der Waals surface area contributed by atoms with Crippen LogP contribution in [0, 0.1) is 5.92 Å². The van der Waals surface area contributed by atoms with Crippen LogP contribution in [0.15, 0.2) is 11.1 Å². The number of aliphatic carboxylic acids is 1. The Morgan fingerprint density at radius 3 is 1.48 bits per heavy atom. The highest BCUT2D eigenvalue weighted by atomic mass is 16.5. The number of unbranched alkanes of at least 4 members (excludes halogenated alkanes) is 1. The molecule has 3 N–H and O–H groups in total. The van der Waals surface area contributed by atoms with Crippen molar-refractivity contribution in [1.82, 2.24) is 0 Å². The normalized spacial score (nSPS) is 10.4. The van der Waals surface area contributed by atoms with Crippen LogP contribution in [0.2, 0.25) is 0 Å². The number of esters is 1. The van der Waals surface area contributed by atoms with Gasteiger partial charge in [0, 0.05) is 26.1 Å². The Kier molecular flexibility index (Phi) is 36.6. The zero-order valence-electron chi connectivity index (χ0n) is 21.3. The van der Waals surface area contributed by atoms with E-state index in [0.717, 1.165) is 13.2 Å². The van der Waals surface area contributed by atoms with Gasteiger partial charge in [0.15, 0.2) is 0 Å². The maximum Gasteiger partial charge on any atom is 0.305 e. The number of allylic oxidation sites excluding steroid dienone is 2. The Balaban J connectivity index is -0.000000180. The van der Waals surface area contributed by atoms with E-state index in [4.69, 9.17) is 24.8 Å². The second-order valence-electron chi connectivity index (χ2n) is 7.17. The van der Waals surface area contributed by atoms with Gasteiger partial charge in [-0.1, -0.05) is 38.8 Å². The molecule has 0 spiro atoms. The van der Waals surface area contributed by atoms with Crippen LogP contribution in [0.4, 0.5) is 0 Å². The molecule has 0 aromatic heterocycles. The summed E-state index contributed by atoms with van der Waals surface area (Å²) >= 11 is 0. The van der Waals surface area contributed by atoms with Crippen molar-refractivity contribution in [1.29, 1.82) is 0 Å². The van der Waals surface area contributed by atoms with Gasteiger partial charge in [-0.05, 0) is 59.3 Å². The van der Waals surface area contributed by atoms with Crippen LogP contribution in [0.3, 0.4) is 0 Å². The first-order valence-electron chi connectivity index (χ1n) is 11.4. The average molecular weight is 451 g/mol. The lowest BCUT2D eigenvalue weighted by Gasteiger charge is -2.06. The fraction of sp³-hybridized carbons (Fsp3) is 0.833. The Hall–Kier alpha value is -1.44. The third-order valence-electron chi connectivity index (χ3n) is 3.90. The van der Waals surface area contributed by atoms with Crippen LogP contribution >= 0.6 is 0 Å². The minimum Gasteiger partial charge on any atom is -0.481 e. The number of aliphatic hydroxyl groups is 2. The van der Waals surface area contributed by atoms with E-state index in [-0.39, 0.29) is 25.6 Å². The largest absolute Gasteiger partial charge is 0.481 e. The van der Waals surface area contributed by atoms with E-state index in [2.05, 4.69) is 27.7 Å². The fourth-order valence-electron chi connectivity index (χ4n) is 1.69. The zero-order chi connectivity index (χ0) is 25.1. The fourth-order valence-corrected chi connectivity index (χ4v) is 1.69. The molecule has 0 rings (SSSR count). The Morgan fingerprint density at radius 2 is 1.23 bits per heavy atom. The van der Waals surface area contributed by atoms with Crippen molar-refractivity contribution in [3.05, 3.63) is 11.1 Å². The molecule has 7 nitrogen and oxygen atoms in total. The summed E-state index contributed by atoms with van der Waals surface area (Å²) in [5.41, 5.74) is 3.10. The maximum absolute atomic E-state index is 11.0. The predicted molar refractivity (Wildman–Crippen MR) is 127 cm³/mol. The minimum absolute atomic E-state index is 0.122. The summed E-state index contributed by atoms with van der Waals surface area (Å²) in [5.74, 6) is -0.706. The topological polar surface area (TPSA) is 113 Å². The standard InChI is InChI=1S/C10H18O4.C8H16.C4H10O.C2H6O2/c1-8(2)7-14-10(13)6-4-3-5-9(11)12;1-5-7(3)8(4)6-2;1-3-5-4-2;3-1-2-4/h8H,3-7H2,1-2H3,(H,11,12);5-6H2,1-4H3;3-4H2,1-2H3;3-4H,1-2H2/b;8-7+;;. The molecule has 0 bridgehead atoms. The monoisotopic (exact) mass is 450 g/mol. The molecule has 7 heteroatoms. The Bertz CT molecular complexity index is 402. The highest BCUT2D eigenvalue weighted by molar-refractivity contribution is 5.69.